The van der Waals surface area contributed by atoms with Gasteiger partial charge in [0.15, 0.2) is 0 Å². The zero-order valence-electron chi connectivity index (χ0n) is 19.1. The summed E-state index contributed by atoms with van der Waals surface area (Å²) < 4.78 is 21.1. The number of aryl methyl sites for hydroxylation is 1. The molecule has 0 radical (unpaired) electrons. The Kier molecular flexibility index (Phi) is 6.42. The number of rotatable bonds is 7. The minimum Gasteiger partial charge on any atom is -0.492 e. The van der Waals surface area contributed by atoms with E-state index in [9.17, 15) is 14.0 Å². The van der Waals surface area contributed by atoms with Gasteiger partial charge in [-0.2, -0.15) is 0 Å². The normalized spacial score (nSPS) is 14.9. The molecular weight excluding hydrogens is 463 g/mol. The summed E-state index contributed by atoms with van der Waals surface area (Å²) in [6, 6.07) is 21.9. The molecular formula is C28H23FN2O3S. The summed E-state index contributed by atoms with van der Waals surface area (Å²) in [4.78, 5) is 27.1. The van der Waals surface area contributed by atoms with Crippen molar-refractivity contribution in [1.82, 2.24) is 9.47 Å². The summed E-state index contributed by atoms with van der Waals surface area (Å²) in [5.74, 6) is 0.113. The van der Waals surface area contributed by atoms with Crippen LogP contribution in [0, 0.1) is 12.7 Å². The van der Waals surface area contributed by atoms with E-state index >= 15 is 0 Å². The van der Waals surface area contributed by atoms with Gasteiger partial charge in [0.25, 0.3) is 11.1 Å². The Balaban J connectivity index is 1.34. The number of thioether (sulfide) groups is 1. The van der Waals surface area contributed by atoms with E-state index in [-0.39, 0.29) is 30.1 Å². The van der Waals surface area contributed by atoms with Crippen molar-refractivity contribution >= 4 is 39.9 Å². The third-order valence-corrected chi connectivity index (χ3v) is 6.76. The highest BCUT2D eigenvalue weighted by Gasteiger charge is 2.35. The van der Waals surface area contributed by atoms with Crippen molar-refractivity contribution in [3.63, 3.8) is 0 Å². The Labute approximate surface area is 206 Å². The van der Waals surface area contributed by atoms with Gasteiger partial charge in [0.2, 0.25) is 0 Å². The summed E-state index contributed by atoms with van der Waals surface area (Å²) in [6.07, 6.45) is 3.73. The molecule has 3 aromatic carbocycles. The second kappa shape index (κ2) is 9.80. The highest BCUT2D eigenvalue weighted by molar-refractivity contribution is 8.18. The van der Waals surface area contributed by atoms with Crippen LogP contribution in [0.5, 0.6) is 5.75 Å². The van der Waals surface area contributed by atoms with Crippen LogP contribution in [0.3, 0.4) is 0 Å². The number of aromatic nitrogens is 1. The first-order valence-corrected chi connectivity index (χ1v) is 12.1. The van der Waals surface area contributed by atoms with E-state index in [2.05, 4.69) is 4.57 Å². The van der Waals surface area contributed by atoms with Crippen LogP contribution in [0.25, 0.3) is 17.0 Å². The minimum atomic E-state index is -0.317. The summed E-state index contributed by atoms with van der Waals surface area (Å²) in [5.41, 5.74) is 3.94. The molecule has 0 spiro atoms. The zero-order valence-corrected chi connectivity index (χ0v) is 19.9. The molecule has 1 fully saturated rings. The van der Waals surface area contributed by atoms with Crippen LogP contribution >= 0.6 is 11.8 Å². The molecule has 0 atom stereocenters. The second-order valence-electron chi connectivity index (χ2n) is 8.35. The van der Waals surface area contributed by atoms with Gasteiger partial charge < -0.3 is 9.30 Å². The van der Waals surface area contributed by atoms with Gasteiger partial charge in [0.05, 0.1) is 11.4 Å². The van der Waals surface area contributed by atoms with E-state index < -0.39 is 0 Å². The molecule has 2 heterocycles. The maximum Gasteiger partial charge on any atom is 0.293 e. The number of imide groups is 1. The molecule has 1 aliphatic rings. The van der Waals surface area contributed by atoms with Gasteiger partial charge in [0, 0.05) is 29.2 Å². The number of halogens is 1. The second-order valence-corrected chi connectivity index (χ2v) is 9.34. The molecule has 1 aromatic heterocycles. The molecule has 5 rings (SSSR count). The molecule has 176 valence electrons. The van der Waals surface area contributed by atoms with E-state index in [1.54, 1.807) is 18.2 Å². The first kappa shape index (κ1) is 22.9. The van der Waals surface area contributed by atoms with Crippen LogP contribution in [0.2, 0.25) is 0 Å². The number of ether oxygens (including phenoxy) is 1. The molecule has 0 bridgehead atoms. The minimum absolute atomic E-state index is 0.183. The Morgan fingerprint density at radius 2 is 1.71 bits per heavy atom. The molecule has 35 heavy (non-hydrogen) atoms. The molecule has 1 saturated heterocycles. The lowest BCUT2D eigenvalue weighted by Crippen LogP contribution is -2.32. The van der Waals surface area contributed by atoms with Gasteiger partial charge in [-0.3, -0.25) is 14.5 Å². The SMILES string of the molecule is Cc1ccc(OCCN2C(=O)S/C(=C\c3cn(Cc4ccc(F)cc4)c4ccccc34)C2=O)cc1. The summed E-state index contributed by atoms with van der Waals surface area (Å²) >= 11 is 0.940. The predicted molar refractivity (Wildman–Crippen MR) is 137 cm³/mol. The third kappa shape index (κ3) is 5.00. The third-order valence-electron chi connectivity index (χ3n) is 5.85. The van der Waals surface area contributed by atoms with Gasteiger partial charge in [-0.1, -0.05) is 48.0 Å². The topological polar surface area (TPSA) is 51.5 Å². The number of hydrogen-bond acceptors (Lipinski definition) is 4. The standard InChI is InChI=1S/C28H23FN2O3S/c1-19-6-12-23(13-7-19)34-15-14-31-27(32)26(35-28(31)33)16-21-18-30(25-5-3-2-4-24(21)25)17-20-8-10-22(29)11-9-20/h2-13,16,18H,14-15,17H2,1H3/b26-16-. The van der Waals surface area contributed by atoms with Gasteiger partial charge in [0.1, 0.15) is 18.2 Å². The fourth-order valence-corrected chi connectivity index (χ4v) is 4.89. The predicted octanol–water partition coefficient (Wildman–Crippen LogP) is 6.25. The van der Waals surface area contributed by atoms with E-state index in [0.29, 0.717) is 17.2 Å². The van der Waals surface area contributed by atoms with Crippen molar-refractivity contribution in [3.8, 4) is 5.75 Å². The molecule has 5 nitrogen and oxygen atoms in total. The van der Waals surface area contributed by atoms with Crippen LogP contribution < -0.4 is 4.74 Å². The zero-order chi connectivity index (χ0) is 24.4. The molecule has 0 aliphatic carbocycles. The lowest BCUT2D eigenvalue weighted by atomic mass is 10.1. The largest absolute Gasteiger partial charge is 0.492 e. The molecule has 0 unspecified atom stereocenters. The fraction of sp³-hybridized carbons (Fsp3) is 0.143. The molecule has 0 N–H and O–H groups in total. The van der Waals surface area contributed by atoms with Crippen LogP contribution in [0.1, 0.15) is 16.7 Å². The van der Waals surface area contributed by atoms with Crippen molar-refractivity contribution in [2.24, 2.45) is 0 Å². The van der Waals surface area contributed by atoms with Crippen LogP contribution in [0.4, 0.5) is 9.18 Å². The lowest BCUT2D eigenvalue weighted by Gasteiger charge is -2.13. The number of hydrogen-bond donors (Lipinski definition) is 0. The molecule has 4 aromatic rings. The maximum atomic E-state index is 13.3. The monoisotopic (exact) mass is 486 g/mol. The Bertz CT molecular complexity index is 1430. The number of amides is 2. The summed E-state index contributed by atoms with van der Waals surface area (Å²) in [6.45, 7) is 2.97. The van der Waals surface area contributed by atoms with E-state index in [4.69, 9.17) is 4.74 Å². The van der Waals surface area contributed by atoms with Gasteiger partial charge in [-0.05, 0) is 60.7 Å². The highest BCUT2D eigenvalue weighted by atomic mass is 32.2. The first-order chi connectivity index (χ1) is 17.0. The maximum absolute atomic E-state index is 13.3. The number of para-hydroxylation sites is 1. The van der Waals surface area contributed by atoms with Crippen molar-refractivity contribution in [1.29, 1.82) is 0 Å². The van der Waals surface area contributed by atoms with E-state index in [1.165, 1.54) is 17.0 Å². The van der Waals surface area contributed by atoms with Crippen LogP contribution in [-0.4, -0.2) is 33.8 Å². The fourth-order valence-electron chi connectivity index (χ4n) is 4.03. The number of nitrogens with zero attached hydrogens (tertiary/aromatic N) is 2. The van der Waals surface area contributed by atoms with Gasteiger partial charge >= 0.3 is 0 Å². The number of carbonyl (C=O) groups is 2. The van der Waals surface area contributed by atoms with Crippen molar-refractivity contribution in [2.45, 2.75) is 13.5 Å². The van der Waals surface area contributed by atoms with E-state index in [0.717, 1.165) is 39.4 Å². The van der Waals surface area contributed by atoms with Crippen LogP contribution in [0.15, 0.2) is 83.9 Å². The Hall–Kier alpha value is -3.84. The molecule has 7 heteroatoms. The Morgan fingerprint density at radius 3 is 2.49 bits per heavy atom. The molecule has 2 amide bonds. The van der Waals surface area contributed by atoms with Gasteiger partial charge in [-0.15, -0.1) is 0 Å². The average Bonchev–Trinajstić information content (AvgIpc) is 3.33. The van der Waals surface area contributed by atoms with Crippen molar-refractivity contribution < 1.29 is 18.7 Å². The first-order valence-electron chi connectivity index (χ1n) is 11.2. The molecule has 0 saturated carbocycles. The van der Waals surface area contributed by atoms with Crippen molar-refractivity contribution in [2.75, 3.05) is 13.2 Å². The van der Waals surface area contributed by atoms with Crippen LogP contribution in [-0.2, 0) is 11.3 Å². The van der Waals surface area contributed by atoms with Gasteiger partial charge in [-0.25, -0.2) is 4.39 Å². The highest BCUT2D eigenvalue weighted by Crippen LogP contribution is 2.34. The van der Waals surface area contributed by atoms with Crippen molar-refractivity contribution in [3.05, 3.63) is 106 Å². The van der Waals surface area contributed by atoms with E-state index in [1.807, 2.05) is 61.7 Å². The molecule has 1 aliphatic heterocycles. The summed E-state index contributed by atoms with van der Waals surface area (Å²) in [7, 11) is 0. The number of carbonyl (C=O) groups excluding carboxylic acids is 2. The summed E-state index contributed by atoms with van der Waals surface area (Å²) in [5, 5.41) is 0.674. The smallest absolute Gasteiger partial charge is 0.293 e. The average molecular weight is 487 g/mol. The lowest BCUT2D eigenvalue weighted by molar-refractivity contribution is -0.123. The Morgan fingerprint density at radius 1 is 0.971 bits per heavy atom. The quantitative estimate of drug-likeness (QED) is 0.290. The number of benzene rings is 3. The number of fused-ring (bicyclic) bond motifs is 1.